The molecule has 2 N–H and O–H groups in total. The van der Waals surface area contributed by atoms with Crippen molar-refractivity contribution >= 4 is 21.8 Å². The van der Waals surface area contributed by atoms with E-state index in [1.54, 1.807) is 24.3 Å². The van der Waals surface area contributed by atoms with Gasteiger partial charge in [0.15, 0.2) is 0 Å². The van der Waals surface area contributed by atoms with Crippen LogP contribution in [-0.4, -0.2) is 24.5 Å². The molecule has 134 valence electrons. The number of allylic oxidation sites excluding steroid dienone is 1. The lowest BCUT2D eigenvalue weighted by molar-refractivity contribution is 0.390. The van der Waals surface area contributed by atoms with Crippen molar-refractivity contribution in [2.24, 2.45) is 5.73 Å². The Kier molecular flexibility index (Phi) is 5.25. The van der Waals surface area contributed by atoms with Crippen LogP contribution in [0, 0.1) is 18.3 Å². The molecule has 3 rings (SSSR count). The van der Waals surface area contributed by atoms with Gasteiger partial charge in [0, 0.05) is 5.75 Å². The third-order valence-electron chi connectivity index (χ3n) is 4.22. The highest BCUT2D eigenvalue weighted by molar-refractivity contribution is 8.03. The minimum atomic E-state index is -3.85. The number of nitrogens with zero attached hydrogens (tertiary/aromatic N) is 2. The smallest absolute Gasteiger partial charge is 0.265 e. The number of nitriles is 1. The Labute approximate surface area is 158 Å². The van der Waals surface area contributed by atoms with Crippen LogP contribution < -0.4 is 5.73 Å². The highest BCUT2D eigenvalue weighted by Gasteiger charge is 2.37. The number of sulfonamides is 1. The number of hydrogen-bond donors (Lipinski definition) is 1. The maximum absolute atomic E-state index is 13.3. The van der Waals surface area contributed by atoms with E-state index in [-0.39, 0.29) is 21.7 Å². The molecule has 1 atom stereocenters. The van der Waals surface area contributed by atoms with Crippen LogP contribution in [0.1, 0.15) is 11.1 Å². The van der Waals surface area contributed by atoms with Crippen molar-refractivity contribution < 1.29 is 8.42 Å². The number of aryl methyl sites for hydroxylation is 1. The van der Waals surface area contributed by atoms with E-state index in [0.717, 1.165) is 11.1 Å². The highest BCUT2D eigenvalue weighted by Crippen LogP contribution is 2.34. The maximum Gasteiger partial charge on any atom is 0.265 e. The van der Waals surface area contributed by atoms with Gasteiger partial charge in [-0.15, -0.1) is 11.8 Å². The molecular weight excluding hydrogens is 366 g/mol. The Morgan fingerprint density at radius 2 is 1.85 bits per heavy atom. The quantitative estimate of drug-likeness (QED) is 0.874. The van der Waals surface area contributed by atoms with Gasteiger partial charge in [-0.05, 0) is 31.0 Å². The fourth-order valence-corrected chi connectivity index (χ4v) is 5.57. The number of rotatable bonds is 4. The molecule has 2 aromatic rings. The normalized spacial score (nSPS) is 17.8. The van der Waals surface area contributed by atoms with Gasteiger partial charge in [-0.2, -0.15) is 5.26 Å². The number of hydrogen-bond acceptors (Lipinski definition) is 5. The van der Waals surface area contributed by atoms with E-state index in [0.29, 0.717) is 12.2 Å². The topological polar surface area (TPSA) is 87.2 Å². The van der Waals surface area contributed by atoms with Gasteiger partial charge >= 0.3 is 0 Å². The number of thioether (sulfide) groups is 1. The Bertz CT molecular complexity index is 962. The second-order valence-corrected chi connectivity index (χ2v) is 8.94. The van der Waals surface area contributed by atoms with Gasteiger partial charge in [0.05, 0.1) is 10.9 Å². The molecule has 1 heterocycles. The molecule has 0 radical (unpaired) electrons. The zero-order valence-electron chi connectivity index (χ0n) is 14.3. The van der Waals surface area contributed by atoms with E-state index >= 15 is 0 Å². The van der Waals surface area contributed by atoms with Crippen molar-refractivity contribution in [1.82, 2.24) is 4.31 Å². The van der Waals surface area contributed by atoms with Crippen molar-refractivity contribution in [3.63, 3.8) is 0 Å². The first-order chi connectivity index (χ1) is 12.4. The van der Waals surface area contributed by atoms with Crippen LogP contribution in [0.4, 0.5) is 0 Å². The average molecular weight is 386 g/mol. The van der Waals surface area contributed by atoms with E-state index in [2.05, 4.69) is 0 Å². The second kappa shape index (κ2) is 7.44. The molecule has 0 fully saturated rings. The summed E-state index contributed by atoms with van der Waals surface area (Å²) in [5.74, 6) is 0.481. The van der Waals surface area contributed by atoms with Gasteiger partial charge in [-0.25, -0.2) is 12.7 Å². The van der Waals surface area contributed by atoms with Gasteiger partial charge in [0.2, 0.25) is 0 Å². The molecule has 5 nitrogen and oxygen atoms in total. The summed E-state index contributed by atoms with van der Waals surface area (Å²) in [6.07, 6.45) is 0.526. The van der Waals surface area contributed by atoms with Gasteiger partial charge < -0.3 is 5.73 Å². The summed E-state index contributed by atoms with van der Waals surface area (Å²) in [5.41, 5.74) is 8.11. The summed E-state index contributed by atoms with van der Waals surface area (Å²) in [7, 11) is -3.85. The van der Waals surface area contributed by atoms with Crippen LogP contribution in [0.15, 0.2) is 70.2 Å². The molecule has 0 bridgehead atoms. The molecule has 0 aromatic heterocycles. The summed E-state index contributed by atoms with van der Waals surface area (Å²) in [5, 5.41) is 9.30. The Balaban J connectivity index is 2.04. The first kappa shape index (κ1) is 18.4. The van der Waals surface area contributed by atoms with Crippen LogP contribution >= 0.6 is 11.8 Å². The summed E-state index contributed by atoms with van der Waals surface area (Å²) < 4.78 is 27.8. The summed E-state index contributed by atoms with van der Waals surface area (Å²) in [4.78, 5) is 0.415. The summed E-state index contributed by atoms with van der Waals surface area (Å²) in [6.45, 7) is 1.90. The van der Waals surface area contributed by atoms with Crippen LogP contribution in [0.5, 0.6) is 0 Å². The van der Waals surface area contributed by atoms with Crippen LogP contribution in [0.2, 0.25) is 0 Å². The van der Waals surface area contributed by atoms with Crippen molar-refractivity contribution in [2.75, 3.05) is 5.75 Å². The predicted molar refractivity (Wildman–Crippen MR) is 103 cm³/mol. The molecule has 2 aromatic carbocycles. The molecule has 1 aliphatic rings. The highest BCUT2D eigenvalue weighted by atomic mass is 32.2. The summed E-state index contributed by atoms with van der Waals surface area (Å²) >= 11 is 1.30. The monoisotopic (exact) mass is 385 g/mol. The third kappa shape index (κ3) is 3.57. The molecule has 0 aliphatic carbocycles. The molecule has 0 spiro atoms. The number of nitrogens with two attached hydrogens (primary N) is 1. The molecule has 26 heavy (non-hydrogen) atoms. The number of benzene rings is 2. The lowest BCUT2D eigenvalue weighted by atomic mass is 10.1. The van der Waals surface area contributed by atoms with Gasteiger partial charge in [-0.3, -0.25) is 0 Å². The van der Waals surface area contributed by atoms with Crippen molar-refractivity contribution in [3.05, 3.63) is 76.5 Å². The SMILES string of the molecule is Cc1ccc(S(=O)(=O)N2C(N)=C(C#N)SCC2Cc2ccccc2)cc1. The van der Waals surface area contributed by atoms with Gasteiger partial charge in [-0.1, -0.05) is 48.0 Å². The van der Waals surface area contributed by atoms with Crippen LogP contribution in [-0.2, 0) is 16.4 Å². The molecule has 1 unspecified atom stereocenters. The fourth-order valence-electron chi connectivity index (χ4n) is 2.89. The Morgan fingerprint density at radius 1 is 1.19 bits per heavy atom. The summed E-state index contributed by atoms with van der Waals surface area (Å²) in [6, 6.07) is 18.0. The van der Waals surface area contributed by atoms with Crippen LogP contribution in [0.3, 0.4) is 0 Å². The fraction of sp³-hybridized carbons (Fsp3) is 0.211. The zero-order valence-corrected chi connectivity index (χ0v) is 15.9. The third-order valence-corrected chi connectivity index (χ3v) is 7.24. The van der Waals surface area contributed by atoms with E-state index in [4.69, 9.17) is 5.73 Å². The minimum absolute atomic E-state index is 0.00487. The van der Waals surface area contributed by atoms with Gasteiger partial charge in [0.1, 0.15) is 16.8 Å². The van der Waals surface area contributed by atoms with E-state index in [1.807, 2.05) is 43.3 Å². The van der Waals surface area contributed by atoms with E-state index in [1.165, 1.54) is 16.1 Å². The largest absolute Gasteiger partial charge is 0.383 e. The minimum Gasteiger partial charge on any atom is -0.383 e. The first-order valence-electron chi connectivity index (χ1n) is 8.11. The molecule has 0 amide bonds. The molecule has 1 aliphatic heterocycles. The van der Waals surface area contributed by atoms with Crippen LogP contribution in [0.25, 0.3) is 0 Å². The lowest BCUT2D eigenvalue weighted by Crippen LogP contribution is -2.47. The van der Waals surface area contributed by atoms with E-state index < -0.39 is 10.0 Å². The Morgan fingerprint density at radius 3 is 2.46 bits per heavy atom. The average Bonchev–Trinajstić information content (AvgIpc) is 2.63. The van der Waals surface area contributed by atoms with Crippen molar-refractivity contribution in [2.45, 2.75) is 24.3 Å². The first-order valence-corrected chi connectivity index (χ1v) is 10.5. The molecule has 0 saturated carbocycles. The molecule has 0 saturated heterocycles. The standard InChI is InChI=1S/C19H19N3O2S2/c1-14-7-9-17(10-8-14)26(23,24)22-16(11-15-5-3-2-4-6-15)13-25-18(12-20)19(22)21/h2-10,16H,11,13,21H2,1H3. The zero-order chi connectivity index (χ0) is 18.7. The van der Waals surface area contributed by atoms with Crippen molar-refractivity contribution in [1.29, 1.82) is 5.26 Å². The second-order valence-electron chi connectivity index (χ2n) is 6.09. The Hall–Kier alpha value is -2.43. The molecule has 7 heteroatoms. The molecular formula is C19H19N3O2S2. The predicted octanol–water partition coefficient (Wildman–Crippen LogP) is 3.00. The van der Waals surface area contributed by atoms with Gasteiger partial charge in [0.25, 0.3) is 10.0 Å². The maximum atomic E-state index is 13.3. The van der Waals surface area contributed by atoms with Crippen molar-refractivity contribution in [3.8, 4) is 6.07 Å². The van der Waals surface area contributed by atoms with E-state index in [9.17, 15) is 13.7 Å². The lowest BCUT2D eigenvalue weighted by Gasteiger charge is -2.36.